The lowest BCUT2D eigenvalue weighted by Gasteiger charge is -2.19. The summed E-state index contributed by atoms with van der Waals surface area (Å²) in [5.41, 5.74) is 4.54. The van der Waals surface area contributed by atoms with Gasteiger partial charge in [0.15, 0.2) is 0 Å². The summed E-state index contributed by atoms with van der Waals surface area (Å²) in [4.78, 5) is 82.7. The van der Waals surface area contributed by atoms with Crippen molar-refractivity contribution in [1.29, 1.82) is 0 Å². The number of cyclic esters (lactones) is 2. The quantitative estimate of drug-likeness (QED) is 0.0859. The minimum absolute atomic E-state index is 0.0109. The van der Waals surface area contributed by atoms with Gasteiger partial charge < -0.3 is 4.74 Å². The molecule has 0 amide bonds. The van der Waals surface area contributed by atoms with Crippen LogP contribution in [0.25, 0.3) is 0 Å². The predicted molar refractivity (Wildman–Crippen MR) is 202 cm³/mol. The topological polar surface area (TPSA) is 112 Å². The van der Waals surface area contributed by atoms with E-state index in [0.29, 0.717) is 69.3 Å². The Morgan fingerprint density at radius 3 is 0.824 bits per heavy atom. The molecule has 7 nitrogen and oxygen atoms in total. The third kappa shape index (κ3) is 7.97. The first-order valence-corrected chi connectivity index (χ1v) is 18.8. The standard InChI is InChI=1S/C40H28O7S4/c1-21-5-13-25(14-6-21)37(43)48-31-29-30(36(42)47-35(29)41)32(49-38(44)26-15-7-22(2)8-16-26)34(51-40(46)28-19-11-24(4)12-20-28)33(31)50-39(45)27-17-9-23(3)10-18-27/h5-20H,1-4H3. The lowest BCUT2D eigenvalue weighted by Crippen LogP contribution is -2.08. The van der Waals surface area contributed by atoms with Gasteiger partial charge in [0.25, 0.3) is 0 Å². The van der Waals surface area contributed by atoms with Crippen LogP contribution in [0.5, 0.6) is 0 Å². The van der Waals surface area contributed by atoms with Gasteiger partial charge in [-0.15, -0.1) is 0 Å². The van der Waals surface area contributed by atoms with Crippen LogP contribution in [-0.2, 0) is 4.74 Å². The van der Waals surface area contributed by atoms with E-state index >= 15 is 0 Å². The molecule has 0 saturated heterocycles. The van der Waals surface area contributed by atoms with Gasteiger partial charge in [0, 0.05) is 41.8 Å². The summed E-state index contributed by atoms with van der Waals surface area (Å²) in [5.74, 6) is -2.05. The summed E-state index contributed by atoms with van der Waals surface area (Å²) in [6.07, 6.45) is 0. The van der Waals surface area contributed by atoms with Crippen LogP contribution in [0.1, 0.15) is 84.4 Å². The van der Waals surface area contributed by atoms with Crippen LogP contribution >= 0.6 is 47.0 Å². The maximum Gasteiger partial charge on any atom is 0.348 e. The van der Waals surface area contributed by atoms with Gasteiger partial charge in [-0.25, -0.2) is 9.59 Å². The van der Waals surface area contributed by atoms with Crippen LogP contribution in [0.4, 0.5) is 0 Å². The monoisotopic (exact) mass is 748 g/mol. The van der Waals surface area contributed by atoms with E-state index in [9.17, 15) is 28.8 Å². The van der Waals surface area contributed by atoms with E-state index in [4.69, 9.17) is 4.74 Å². The molecular formula is C40H28O7S4. The SMILES string of the molecule is Cc1ccc(C(=O)Sc2c(SC(=O)c3ccc(C)cc3)c(SC(=O)c3ccc(C)cc3)c3c(c2SC(=O)c2ccc(C)cc2)C(=O)OC3=O)cc1. The van der Waals surface area contributed by atoms with E-state index in [1.54, 1.807) is 97.1 Å². The van der Waals surface area contributed by atoms with E-state index in [-0.39, 0.29) is 30.7 Å². The van der Waals surface area contributed by atoms with Gasteiger partial charge in [-0.1, -0.05) is 119 Å². The average Bonchev–Trinajstić information content (AvgIpc) is 3.41. The predicted octanol–water partition coefficient (Wildman–Crippen LogP) is 9.96. The Kier molecular flexibility index (Phi) is 10.8. The molecule has 0 aromatic heterocycles. The number of thioether (sulfide) groups is 4. The number of esters is 2. The zero-order valence-corrected chi connectivity index (χ0v) is 31.0. The van der Waals surface area contributed by atoms with Crippen molar-refractivity contribution in [3.63, 3.8) is 0 Å². The Labute approximate surface area is 311 Å². The van der Waals surface area contributed by atoms with E-state index in [0.717, 1.165) is 22.3 Å². The molecule has 5 aromatic rings. The molecule has 5 aromatic carbocycles. The maximum absolute atomic E-state index is 14.0. The number of fused-ring (bicyclic) bond motifs is 1. The zero-order valence-electron chi connectivity index (χ0n) is 27.7. The molecule has 0 atom stereocenters. The van der Waals surface area contributed by atoms with Gasteiger partial charge in [-0.05, 0) is 74.7 Å². The largest absolute Gasteiger partial charge is 0.386 e. The fraction of sp³-hybridized carbons (Fsp3) is 0.100. The van der Waals surface area contributed by atoms with Gasteiger partial charge in [0.1, 0.15) is 0 Å². The van der Waals surface area contributed by atoms with Crippen LogP contribution in [-0.4, -0.2) is 32.4 Å². The molecule has 11 heteroatoms. The fourth-order valence-electron chi connectivity index (χ4n) is 4.98. The van der Waals surface area contributed by atoms with Gasteiger partial charge in [-0.3, -0.25) is 19.2 Å². The molecule has 0 bridgehead atoms. The second-order valence-corrected chi connectivity index (χ2v) is 15.7. The Bertz CT molecular complexity index is 2080. The number of aryl methyl sites for hydroxylation is 4. The number of ether oxygens (including phenoxy) is 1. The number of hydrogen-bond acceptors (Lipinski definition) is 11. The minimum atomic E-state index is -1.02. The van der Waals surface area contributed by atoms with Crippen LogP contribution in [0, 0.1) is 27.7 Å². The van der Waals surface area contributed by atoms with Crippen molar-refractivity contribution in [2.75, 3.05) is 0 Å². The number of rotatable bonds is 8. The molecule has 0 radical (unpaired) electrons. The summed E-state index contributed by atoms with van der Waals surface area (Å²) in [6, 6.07) is 27.4. The smallest absolute Gasteiger partial charge is 0.348 e. The van der Waals surface area contributed by atoms with Gasteiger partial charge in [-0.2, -0.15) is 0 Å². The highest BCUT2D eigenvalue weighted by molar-refractivity contribution is 8.19. The molecular weight excluding hydrogens is 721 g/mol. The Morgan fingerprint density at radius 2 is 0.588 bits per heavy atom. The average molecular weight is 749 g/mol. The van der Waals surface area contributed by atoms with E-state index in [1.165, 1.54) is 0 Å². The second kappa shape index (κ2) is 15.3. The van der Waals surface area contributed by atoms with E-state index in [1.807, 2.05) is 27.7 Å². The maximum atomic E-state index is 14.0. The molecule has 0 spiro atoms. The van der Waals surface area contributed by atoms with Crippen molar-refractivity contribution in [2.45, 2.75) is 47.3 Å². The Morgan fingerprint density at radius 1 is 0.373 bits per heavy atom. The molecule has 0 fully saturated rings. The highest BCUT2D eigenvalue weighted by Crippen LogP contribution is 2.52. The first-order valence-electron chi connectivity index (χ1n) is 15.6. The molecule has 51 heavy (non-hydrogen) atoms. The molecule has 0 aliphatic carbocycles. The van der Waals surface area contributed by atoms with Gasteiger partial charge in [0.05, 0.1) is 11.1 Å². The molecule has 254 valence electrons. The minimum Gasteiger partial charge on any atom is -0.386 e. The van der Waals surface area contributed by atoms with Gasteiger partial charge >= 0.3 is 11.9 Å². The van der Waals surface area contributed by atoms with Crippen LogP contribution in [0.2, 0.25) is 0 Å². The highest BCUT2D eigenvalue weighted by Gasteiger charge is 2.42. The van der Waals surface area contributed by atoms with Crippen LogP contribution in [0.3, 0.4) is 0 Å². The molecule has 1 aliphatic heterocycles. The normalized spacial score (nSPS) is 12.0. The number of hydrogen-bond donors (Lipinski definition) is 0. The van der Waals surface area contributed by atoms with Crippen molar-refractivity contribution >= 4 is 79.4 Å². The molecule has 1 aliphatic rings. The van der Waals surface area contributed by atoms with Crippen molar-refractivity contribution in [2.24, 2.45) is 0 Å². The Balaban J connectivity index is 1.60. The van der Waals surface area contributed by atoms with Crippen LogP contribution in [0.15, 0.2) is 117 Å². The molecule has 0 saturated carbocycles. The summed E-state index contributed by atoms with van der Waals surface area (Å²) in [7, 11) is 0. The summed E-state index contributed by atoms with van der Waals surface area (Å²) in [5, 5.41) is -1.82. The third-order valence-electron chi connectivity index (χ3n) is 7.84. The van der Waals surface area contributed by atoms with E-state index in [2.05, 4.69) is 0 Å². The fourth-order valence-corrected chi connectivity index (χ4v) is 9.36. The molecule has 6 rings (SSSR count). The lowest BCUT2D eigenvalue weighted by atomic mass is 10.1. The first kappa shape index (κ1) is 36.1. The summed E-state index contributed by atoms with van der Waals surface area (Å²) in [6.45, 7) is 7.53. The van der Waals surface area contributed by atoms with Crippen molar-refractivity contribution < 1.29 is 33.5 Å². The van der Waals surface area contributed by atoms with E-state index < -0.39 is 32.4 Å². The molecule has 1 heterocycles. The first-order chi connectivity index (χ1) is 24.4. The molecule has 0 unspecified atom stereocenters. The number of carbonyl (C=O) groups excluding carboxylic acids is 6. The Hall–Kier alpha value is -4.68. The van der Waals surface area contributed by atoms with Crippen molar-refractivity contribution in [1.82, 2.24) is 0 Å². The van der Waals surface area contributed by atoms with Crippen LogP contribution < -0.4 is 0 Å². The van der Waals surface area contributed by atoms with Crippen molar-refractivity contribution in [3.05, 3.63) is 153 Å². The van der Waals surface area contributed by atoms with Gasteiger partial charge in [0.2, 0.25) is 20.5 Å². The number of benzene rings is 5. The van der Waals surface area contributed by atoms with Crippen molar-refractivity contribution in [3.8, 4) is 0 Å². The second-order valence-electron chi connectivity index (χ2n) is 11.8. The number of carbonyl (C=O) groups is 6. The highest BCUT2D eigenvalue weighted by atomic mass is 32.2. The summed E-state index contributed by atoms with van der Waals surface area (Å²) >= 11 is 2.75. The zero-order chi connectivity index (χ0) is 36.4. The molecule has 0 N–H and O–H groups in total. The lowest BCUT2D eigenvalue weighted by molar-refractivity contribution is 0.0440. The third-order valence-corrected chi connectivity index (χ3v) is 12.4. The summed E-state index contributed by atoms with van der Waals surface area (Å²) < 4.78 is 5.12.